The Morgan fingerprint density at radius 3 is 2.41 bits per heavy atom. The van der Waals surface area contributed by atoms with E-state index in [-0.39, 0.29) is 16.8 Å². The summed E-state index contributed by atoms with van der Waals surface area (Å²) >= 11 is 6.08. The number of amides is 1. The fraction of sp³-hybridized carbons (Fsp3) is 0.194. The maximum atomic E-state index is 13.7. The molecule has 0 saturated heterocycles. The van der Waals surface area contributed by atoms with Gasteiger partial charge in [-0.1, -0.05) is 68.8 Å². The van der Waals surface area contributed by atoms with Gasteiger partial charge in [-0.05, 0) is 59.0 Å². The van der Waals surface area contributed by atoms with E-state index in [2.05, 4.69) is 36.4 Å². The number of benzene rings is 3. The van der Waals surface area contributed by atoms with Crippen molar-refractivity contribution in [3.63, 3.8) is 0 Å². The molecule has 0 bridgehead atoms. The third-order valence-corrected chi connectivity index (χ3v) is 6.93. The Bertz CT molecular complexity index is 1710. The van der Waals surface area contributed by atoms with E-state index in [1.807, 2.05) is 54.6 Å². The van der Waals surface area contributed by atoms with Gasteiger partial charge in [-0.15, -0.1) is 0 Å². The molecular weight excluding hydrogens is 512 g/mol. The van der Waals surface area contributed by atoms with Gasteiger partial charge in [0, 0.05) is 33.7 Å². The average molecular weight is 541 g/mol. The molecule has 2 N–H and O–H groups in total. The van der Waals surface area contributed by atoms with E-state index in [4.69, 9.17) is 16.3 Å². The number of nitrogens with one attached hydrogen (secondary N) is 2. The Balaban J connectivity index is 1.60. The topological polar surface area (TPSA) is 89.0 Å². The zero-order valence-corrected chi connectivity index (χ0v) is 23.0. The van der Waals surface area contributed by atoms with Gasteiger partial charge in [-0.2, -0.15) is 5.10 Å². The molecule has 8 heteroatoms. The molecule has 0 aliphatic carbocycles. The van der Waals surface area contributed by atoms with E-state index < -0.39 is 5.56 Å². The summed E-state index contributed by atoms with van der Waals surface area (Å²) in [5, 5.41) is 8.56. The average Bonchev–Trinajstić information content (AvgIpc) is 3.35. The van der Waals surface area contributed by atoms with Crippen LogP contribution >= 0.6 is 11.6 Å². The Hall–Kier alpha value is -4.36. The first kappa shape index (κ1) is 26.3. The lowest BCUT2D eigenvalue weighted by molar-refractivity contribution is 0.101. The maximum absolute atomic E-state index is 13.7. The van der Waals surface area contributed by atoms with Gasteiger partial charge in [0.2, 0.25) is 0 Å². The van der Waals surface area contributed by atoms with Crippen LogP contribution in [0, 0.1) is 0 Å². The highest BCUT2D eigenvalue weighted by Crippen LogP contribution is 2.28. The fourth-order valence-corrected chi connectivity index (χ4v) is 4.61. The van der Waals surface area contributed by atoms with Crippen LogP contribution < -0.4 is 15.7 Å². The molecule has 39 heavy (non-hydrogen) atoms. The number of fused-ring (bicyclic) bond motifs is 1. The monoisotopic (exact) mass is 540 g/mol. The molecule has 0 saturated carbocycles. The van der Waals surface area contributed by atoms with E-state index in [9.17, 15) is 9.59 Å². The predicted octanol–water partition coefficient (Wildman–Crippen LogP) is 6.33. The van der Waals surface area contributed by atoms with Crippen LogP contribution in [0.15, 0.2) is 83.7 Å². The molecule has 3 aromatic carbocycles. The van der Waals surface area contributed by atoms with E-state index in [1.54, 1.807) is 31.4 Å². The summed E-state index contributed by atoms with van der Waals surface area (Å²) in [4.78, 5) is 27.0. The minimum absolute atomic E-state index is 0.0384. The maximum Gasteiger partial charge on any atom is 0.295 e. The quantitative estimate of drug-likeness (QED) is 0.263. The number of carbonyl (C=O) groups excluding carboxylic acids is 1. The van der Waals surface area contributed by atoms with Crippen molar-refractivity contribution >= 4 is 28.4 Å². The number of nitrogens with zero attached hydrogens (tertiary/aromatic N) is 2. The van der Waals surface area contributed by atoms with Gasteiger partial charge in [0.05, 0.1) is 7.11 Å². The lowest BCUT2D eigenvalue weighted by Crippen LogP contribution is -2.35. The van der Waals surface area contributed by atoms with Crippen molar-refractivity contribution in [2.75, 3.05) is 12.5 Å². The predicted molar refractivity (Wildman–Crippen MR) is 155 cm³/mol. The van der Waals surface area contributed by atoms with Crippen LogP contribution in [-0.4, -0.2) is 27.9 Å². The van der Waals surface area contributed by atoms with Crippen LogP contribution in [0.4, 0.5) is 0 Å². The van der Waals surface area contributed by atoms with Crippen molar-refractivity contribution in [2.45, 2.75) is 32.6 Å². The number of pyridine rings is 1. The molecule has 2 heterocycles. The molecule has 198 valence electrons. The fourth-order valence-electron chi connectivity index (χ4n) is 4.49. The summed E-state index contributed by atoms with van der Waals surface area (Å²) in [6.07, 6.45) is 0.372. The number of hydrogen-bond donors (Lipinski definition) is 2. The van der Waals surface area contributed by atoms with E-state index in [1.165, 1.54) is 4.68 Å². The van der Waals surface area contributed by atoms with Crippen LogP contribution in [0.5, 0.6) is 5.75 Å². The van der Waals surface area contributed by atoms with Crippen molar-refractivity contribution < 1.29 is 9.53 Å². The molecule has 0 radical (unpaired) electrons. The molecule has 0 aliphatic heterocycles. The number of aromatic nitrogens is 3. The highest BCUT2D eigenvalue weighted by Gasteiger charge is 2.19. The minimum atomic E-state index is -0.405. The normalized spacial score (nSPS) is 11.5. The van der Waals surface area contributed by atoms with Gasteiger partial charge < -0.3 is 4.74 Å². The molecule has 0 unspecified atom stereocenters. The first-order valence-electron chi connectivity index (χ1n) is 12.6. The molecule has 5 rings (SSSR count). The van der Waals surface area contributed by atoms with Crippen molar-refractivity contribution in [2.24, 2.45) is 0 Å². The van der Waals surface area contributed by atoms with Crippen molar-refractivity contribution in [1.29, 1.82) is 0 Å². The Labute approximate surface area is 231 Å². The first-order chi connectivity index (χ1) is 18.6. The van der Waals surface area contributed by atoms with Crippen molar-refractivity contribution in [1.82, 2.24) is 14.9 Å². The summed E-state index contributed by atoms with van der Waals surface area (Å²) in [6.45, 7) is 6.35. The standard InChI is InChI=1S/C31H29ClN4O3/c1-31(2,3)22-12-8-21(9-13-22)29(37)35-36-24(16-19-6-5-7-25(17-19)39-4)18-26-27(33-34-28(26)30(36)38)20-10-14-23(32)15-11-20/h5-15,17-18H,16H2,1-4H3,(H,33,34)(H,35,37). The molecule has 7 nitrogen and oxygen atoms in total. The highest BCUT2D eigenvalue weighted by atomic mass is 35.5. The summed E-state index contributed by atoms with van der Waals surface area (Å²) in [5.74, 6) is 0.317. The summed E-state index contributed by atoms with van der Waals surface area (Å²) in [5.41, 5.74) is 7.19. The van der Waals surface area contributed by atoms with Gasteiger partial charge >= 0.3 is 0 Å². The van der Waals surface area contributed by atoms with Crippen molar-refractivity contribution in [3.8, 4) is 17.0 Å². The first-order valence-corrected chi connectivity index (χ1v) is 13.0. The molecular formula is C31H29ClN4O3. The molecule has 0 atom stereocenters. The van der Waals surface area contributed by atoms with Gasteiger partial charge in [-0.3, -0.25) is 20.1 Å². The summed E-state index contributed by atoms with van der Waals surface area (Å²) in [7, 11) is 1.61. The highest BCUT2D eigenvalue weighted by molar-refractivity contribution is 6.30. The molecule has 0 aliphatic rings. The molecule has 0 spiro atoms. The van der Waals surface area contributed by atoms with Crippen LogP contribution in [0.2, 0.25) is 5.02 Å². The van der Waals surface area contributed by atoms with E-state index in [0.717, 1.165) is 16.7 Å². The van der Waals surface area contributed by atoms with Crippen molar-refractivity contribution in [3.05, 3.63) is 117 Å². The molecule has 1 amide bonds. The molecule has 5 aromatic rings. The zero-order valence-electron chi connectivity index (χ0n) is 22.2. The number of hydrogen-bond acceptors (Lipinski definition) is 4. The summed E-state index contributed by atoms with van der Waals surface area (Å²) in [6, 6.07) is 24.2. The summed E-state index contributed by atoms with van der Waals surface area (Å²) < 4.78 is 6.68. The zero-order chi connectivity index (χ0) is 27.7. The Morgan fingerprint density at radius 1 is 1.03 bits per heavy atom. The van der Waals surface area contributed by atoms with Gasteiger partial charge in [0.1, 0.15) is 17.0 Å². The number of methoxy groups -OCH3 is 1. The van der Waals surface area contributed by atoms with Gasteiger partial charge in [0.25, 0.3) is 11.5 Å². The van der Waals surface area contributed by atoms with Crippen LogP contribution in [-0.2, 0) is 11.8 Å². The second-order valence-electron chi connectivity index (χ2n) is 10.4. The second kappa shape index (κ2) is 10.4. The second-order valence-corrected chi connectivity index (χ2v) is 10.9. The lowest BCUT2D eigenvalue weighted by atomic mass is 9.87. The van der Waals surface area contributed by atoms with E-state index >= 15 is 0 Å². The smallest absolute Gasteiger partial charge is 0.295 e. The SMILES string of the molecule is COc1cccc(Cc2cc3c(-c4ccc(Cl)cc4)n[nH]c3c(=O)n2NC(=O)c2ccc(C(C)(C)C)cc2)c1. The largest absolute Gasteiger partial charge is 0.497 e. The van der Waals surface area contributed by atoms with E-state index in [0.29, 0.717) is 39.5 Å². The molecule has 0 fully saturated rings. The number of carbonyl (C=O) groups is 1. The van der Waals surface area contributed by atoms with Gasteiger partial charge in [0.15, 0.2) is 0 Å². The van der Waals surface area contributed by atoms with Gasteiger partial charge in [-0.25, -0.2) is 4.68 Å². The number of rotatable bonds is 6. The number of halogens is 1. The Morgan fingerprint density at radius 2 is 1.74 bits per heavy atom. The number of H-pyrrole nitrogens is 1. The van der Waals surface area contributed by atoms with Crippen LogP contribution in [0.25, 0.3) is 22.2 Å². The minimum Gasteiger partial charge on any atom is -0.497 e. The lowest BCUT2D eigenvalue weighted by Gasteiger charge is -2.19. The molecule has 2 aromatic heterocycles. The third kappa shape index (κ3) is 5.45. The Kier molecular flexibility index (Phi) is 7.02. The van der Waals surface area contributed by atoms with Crippen LogP contribution in [0.1, 0.15) is 48.0 Å². The number of ether oxygens (including phenoxy) is 1. The third-order valence-electron chi connectivity index (χ3n) is 6.68. The van der Waals surface area contributed by atoms with Crippen LogP contribution in [0.3, 0.4) is 0 Å². The number of aromatic amines is 1.